The zero-order valence-electron chi connectivity index (χ0n) is 16.7. The number of fused-ring (bicyclic) bond motifs is 1. The Labute approximate surface area is 194 Å². The lowest BCUT2D eigenvalue weighted by Gasteiger charge is -2.31. The van der Waals surface area contributed by atoms with E-state index < -0.39 is 12.1 Å². The number of Topliss-reactive ketones (excluding diaryl/α,β-unsaturated/α-hetero) is 1. The number of aromatic hydroxyl groups is 1. The van der Waals surface area contributed by atoms with E-state index in [0.717, 1.165) is 5.56 Å². The van der Waals surface area contributed by atoms with E-state index in [4.69, 9.17) is 23.2 Å². The quantitative estimate of drug-likeness (QED) is 0.441. The van der Waals surface area contributed by atoms with Crippen molar-refractivity contribution in [3.05, 3.63) is 105 Å². The highest BCUT2D eigenvalue weighted by Crippen LogP contribution is 2.49. The van der Waals surface area contributed by atoms with Gasteiger partial charge in [-0.15, -0.1) is 0 Å². The lowest BCUT2D eigenvalue weighted by atomic mass is 9.80. The summed E-state index contributed by atoms with van der Waals surface area (Å²) in [5.41, 5.74) is 2.67. The molecule has 0 fully saturated rings. The summed E-state index contributed by atoms with van der Waals surface area (Å²) in [6, 6.07) is 18.6. The lowest BCUT2D eigenvalue weighted by Crippen LogP contribution is -2.25. The molecule has 2 N–H and O–H groups in total. The smallest absolute Gasteiger partial charge is 0.195 e. The summed E-state index contributed by atoms with van der Waals surface area (Å²) in [6.07, 6.45) is 0.418. The zero-order valence-corrected chi connectivity index (χ0v) is 18.3. The van der Waals surface area contributed by atoms with Crippen LogP contribution < -0.4 is 0 Å². The fourth-order valence-electron chi connectivity index (χ4n) is 4.53. The molecule has 0 bridgehead atoms. The number of hydrogen-bond acceptors (Lipinski definition) is 5. The van der Waals surface area contributed by atoms with Gasteiger partial charge in [0.25, 0.3) is 0 Å². The van der Waals surface area contributed by atoms with E-state index in [0.29, 0.717) is 28.1 Å². The van der Waals surface area contributed by atoms with Crippen LogP contribution in [0.3, 0.4) is 0 Å². The van der Waals surface area contributed by atoms with Crippen molar-refractivity contribution in [3.8, 4) is 5.75 Å². The normalized spacial score (nSPS) is 22.3. The van der Waals surface area contributed by atoms with Gasteiger partial charge in [0.05, 0.1) is 10.6 Å². The Morgan fingerprint density at radius 2 is 1.56 bits per heavy atom. The first kappa shape index (κ1) is 20.7. The number of phenols is 1. The Hall–Kier alpha value is -3.15. The first-order valence-electron chi connectivity index (χ1n) is 10.2. The number of benzene rings is 3. The average molecular weight is 465 g/mol. The monoisotopic (exact) mass is 464 g/mol. The van der Waals surface area contributed by atoms with Crippen LogP contribution in [0.25, 0.3) is 5.76 Å². The molecule has 3 atom stereocenters. The molecule has 0 unspecified atom stereocenters. The van der Waals surface area contributed by atoms with Gasteiger partial charge in [-0.25, -0.2) is 0 Å². The Kier molecular flexibility index (Phi) is 5.24. The fourth-order valence-corrected chi connectivity index (χ4v) is 5.04. The molecule has 3 aromatic rings. The number of nitrogens with zero attached hydrogens (tertiary/aromatic N) is 2. The van der Waals surface area contributed by atoms with E-state index in [2.05, 4.69) is 10.2 Å². The zero-order chi connectivity index (χ0) is 22.4. The van der Waals surface area contributed by atoms with Gasteiger partial charge in [0.1, 0.15) is 23.6 Å². The minimum atomic E-state index is -0.617. The van der Waals surface area contributed by atoms with Crippen LogP contribution in [0.2, 0.25) is 10.0 Å². The summed E-state index contributed by atoms with van der Waals surface area (Å²) < 4.78 is 0. The second-order valence-electron chi connectivity index (χ2n) is 7.91. The van der Waals surface area contributed by atoms with Gasteiger partial charge in [-0.1, -0.05) is 77.8 Å². The number of ketones is 1. The maximum absolute atomic E-state index is 13.1. The SMILES string of the molecule is O=C1C([C@@H]2C[C@@H](c3ccccc3)[C@@H](c3cc(Cl)cc(Cl)c3O)N=N2)=C(O)c2ccccc21. The maximum Gasteiger partial charge on any atom is 0.195 e. The minimum absolute atomic E-state index is 0.0477. The van der Waals surface area contributed by atoms with Gasteiger partial charge in [0.15, 0.2) is 5.78 Å². The number of carbonyl (C=O) groups is 1. The summed E-state index contributed by atoms with van der Waals surface area (Å²) in [6.45, 7) is 0. The third kappa shape index (κ3) is 3.38. The molecule has 0 amide bonds. The molecular weight excluding hydrogens is 447 g/mol. The standard InChI is InChI=1S/C25H18Cl2N2O3/c26-14-10-18(23(30)19(27)11-14)22-17(13-6-2-1-3-7-13)12-20(28-29-22)21-24(31)15-8-4-5-9-16(15)25(21)32/h1-11,17,20,22,30-31H,12H2/t17-,20-,22-/m0/s1. The molecule has 7 heteroatoms. The molecule has 0 aromatic heterocycles. The van der Waals surface area contributed by atoms with Gasteiger partial charge < -0.3 is 10.2 Å². The number of rotatable bonds is 3. The molecular formula is C25H18Cl2N2O3. The van der Waals surface area contributed by atoms with Gasteiger partial charge in [-0.2, -0.15) is 10.2 Å². The van der Waals surface area contributed by atoms with Gasteiger partial charge in [-0.3, -0.25) is 4.79 Å². The lowest BCUT2D eigenvalue weighted by molar-refractivity contribution is 0.102. The van der Waals surface area contributed by atoms with Gasteiger partial charge in [-0.05, 0) is 24.1 Å². The molecule has 160 valence electrons. The summed E-state index contributed by atoms with van der Waals surface area (Å²) in [5, 5.41) is 30.9. The first-order valence-corrected chi connectivity index (χ1v) is 10.9. The van der Waals surface area contributed by atoms with Crippen LogP contribution in [0.4, 0.5) is 0 Å². The van der Waals surface area contributed by atoms with E-state index in [1.54, 1.807) is 30.3 Å². The van der Waals surface area contributed by atoms with Gasteiger partial charge >= 0.3 is 0 Å². The molecule has 0 radical (unpaired) electrons. The van der Waals surface area contributed by atoms with Crippen LogP contribution in [0, 0.1) is 0 Å². The van der Waals surface area contributed by atoms with Gasteiger partial charge in [0.2, 0.25) is 0 Å². The molecule has 0 saturated carbocycles. The van der Waals surface area contributed by atoms with E-state index in [9.17, 15) is 15.0 Å². The first-order chi connectivity index (χ1) is 15.5. The number of halogens is 2. The molecule has 0 spiro atoms. The van der Waals surface area contributed by atoms with Crippen LogP contribution in [0.15, 0.2) is 82.5 Å². The molecule has 1 aliphatic carbocycles. The minimum Gasteiger partial charge on any atom is -0.507 e. The summed E-state index contributed by atoms with van der Waals surface area (Å²) in [7, 11) is 0. The number of carbonyl (C=O) groups excluding carboxylic acids is 1. The van der Waals surface area contributed by atoms with Crippen molar-refractivity contribution in [2.24, 2.45) is 10.2 Å². The van der Waals surface area contributed by atoms with Crippen LogP contribution in [-0.2, 0) is 0 Å². The van der Waals surface area contributed by atoms with Gasteiger partial charge in [0, 0.05) is 27.6 Å². The third-order valence-corrected chi connectivity index (χ3v) is 6.56. The number of aliphatic hydroxyl groups is 1. The van der Waals surface area contributed by atoms with E-state index >= 15 is 0 Å². The molecule has 5 nitrogen and oxygen atoms in total. The fraction of sp³-hybridized carbons (Fsp3) is 0.160. The van der Waals surface area contributed by atoms with Crippen molar-refractivity contribution in [2.75, 3.05) is 0 Å². The highest BCUT2D eigenvalue weighted by atomic mass is 35.5. The Balaban J connectivity index is 1.60. The number of azo groups is 1. The second kappa shape index (κ2) is 8.08. The predicted molar refractivity (Wildman–Crippen MR) is 124 cm³/mol. The summed E-state index contributed by atoms with van der Waals surface area (Å²) >= 11 is 12.4. The number of aliphatic hydroxyl groups excluding tert-OH is 1. The predicted octanol–water partition coefficient (Wildman–Crippen LogP) is 6.91. The number of hydrogen-bond donors (Lipinski definition) is 2. The Morgan fingerprint density at radius 3 is 2.28 bits per heavy atom. The van der Waals surface area contributed by atoms with Crippen LogP contribution in [0.1, 0.15) is 45.4 Å². The Morgan fingerprint density at radius 1 is 0.875 bits per heavy atom. The van der Waals surface area contributed by atoms with E-state index in [1.807, 2.05) is 30.3 Å². The molecule has 0 saturated heterocycles. The molecule has 2 aliphatic rings. The number of phenolic OH excluding ortho intramolecular Hbond substituents is 1. The molecule has 32 heavy (non-hydrogen) atoms. The summed E-state index contributed by atoms with van der Waals surface area (Å²) in [4.78, 5) is 13.1. The molecule has 3 aromatic carbocycles. The topological polar surface area (TPSA) is 82.2 Å². The second-order valence-corrected chi connectivity index (χ2v) is 8.75. The van der Waals surface area contributed by atoms with Crippen molar-refractivity contribution >= 4 is 34.7 Å². The Bertz CT molecular complexity index is 1290. The molecule has 1 heterocycles. The van der Waals surface area contributed by atoms with Crippen molar-refractivity contribution in [3.63, 3.8) is 0 Å². The molecule has 5 rings (SSSR count). The van der Waals surface area contributed by atoms with E-state index in [-0.39, 0.29) is 33.8 Å². The largest absolute Gasteiger partial charge is 0.507 e. The van der Waals surface area contributed by atoms with Crippen molar-refractivity contribution in [1.82, 2.24) is 0 Å². The summed E-state index contributed by atoms with van der Waals surface area (Å²) in [5.74, 6) is -0.601. The van der Waals surface area contributed by atoms with E-state index in [1.165, 1.54) is 6.07 Å². The highest BCUT2D eigenvalue weighted by Gasteiger charge is 2.40. The third-order valence-electron chi connectivity index (χ3n) is 6.05. The van der Waals surface area contributed by atoms with Crippen LogP contribution in [-0.4, -0.2) is 22.0 Å². The maximum atomic E-state index is 13.1. The average Bonchev–Trinajstić information content (AvgIpc) is 3.07. The van der Waals surface area contributed by atoms with Crippen LogP contribution in [0.5, 0.6) is 5.75 Å². The molecule has 1 aliphatic heterocycles. The van der Waals surface area contributed by atoms with Crippen LogP contribution >= 0.6 is 23.2 Å². The highest BCUT2D eigenvalue weighted by molar-refractivity contribution is 6.35. The van der Waals surface area contributed by atoms with Crippen molar-refractivity contribution in [2.45, 2.75) is 24.4 Å². The van der Waals surface area contributed by atoms with Crippen molar-refractivity contribution < 1.29 is 15.0 Å². The van der Waals surface area contributed by atoms with Crippen molar-refractivity contribution in [1.29, 1.82) is 0 Å².